The molecule has 30 heavy (non-hydrogen) atoms. The molecule has 0 aliphatic rings. The zero-order chi connectivity index (χ0) is 21.7. The van der Waals surface area contributed by atoms with E-state index < -0.39 is 17.6 Å². The molecule has 0 radical (unpaired) electrons. The van der Waals surface area contributed by atoms with Crippen LogP contribution in [0, 0.1) is 6.92 Å². The molecule has 3 aromatic rings. The molecular weight excluding hydrogens is 390 g/mol. The van der Waals surface area contributed by atoms with E-state index in [1.54, 1.807) is 13.0 Å². The number of nitrogens with zero attached hydrogens (tertiary/aromatic N) is 1. The number of aromatic nitrogens is 1. The number of benzene rings is 2. The molecular formula is C21H21N3O6. The van der Waals surface area contributed by atoms with E-state index in [-0.39, 0.29) is 35.9 Å². The normalized spacial score (nSPS) is 11.8. The summed E-state index contributed by atoms with van der Waals surface area (Å²) < 4.78 is 10.4. The van der Waals surface area contributed by atoms with Crippen molar-refractivity contribution in [3.05, 3.63) is 63.9 Å². The summed E-state index contributed by atoms with van der Waals surface area (Å²) in [4.78, 5) is 39.9. The summed E-state index contributed by atoms with van der Waals surface area (Å²) in [7, 11) is 1.40. The number of carboxylic acids is 1. The number of fused-ring (bicyclic) bond motifs is 1. The van der Waals surface area contributed by atoms with Gasteiger partial charge in [-0.3, -0.25) is 9.59 Å². The number of ether oxygens (including phenoxy) is 1. The minimum atomic E-state index is -1.10. The Bertz CT molecular complexity index is 1130. The second-order valence-corrected chi connectivity index (χ2v) is 6.64. The van der Waals surface area contributed by atoms with Crippen LogP contribution in [0.4, 0.5) is 11.7 Å². The van der Waals surface area contributed by atoms with Crippen molar-refractivity contribution in [1.29, 1.82) is 0 Å². The van der Waals surface area contributed by atoms with Gasteiger partial charge in [-0.2, -0.15) is 4.98 Å². The monoisotopic (exact) mass is 411 g/mol. The van der Waals surface area contributed by atoms with Crippen molar-refractivity contribution in [2.24, 2.45) is 0 Å². The first-order valence-corrected chi connectivity index (χ1v) is 9.15. The highest BCUT2D eigenvalue weighted by molar-refractivity contribution is 5.96. The molecule has 9 nitrogen and oxygen atoms in total. The van der Waals surface area contributed by atoms with Crippen molar-refractivity contribution in [1.82, 2.24) is 4.98 Å². The lowest BCUT2D eigenvalue weighted by atomic mass is 10.1. The molecule has 2 aromatic carbocycles. The van der Waals surface area contributed by atoms with Gasteiger partial charge in [-0.1, -0.05) is 30.3 Å². The van der Waals surface area contributed by atoms with Crippen LogP contribution in [0.1, 0.15) is 11.1 Å². The molecule has 0 aliphatic heterocycles. The lowest BCUT2D eigenvalue weighted by Gasteiger charge is -2.15. The third kappa shape index (κ3) is 4.81. The van der Waals surface area contributed by atoms with Gasteiger partial charge in [0.25, 0.3) is 11.6 Å². The molecule has 1 atom stereocenters. The topological polar surface area (TPSA) is 131 Å². The summed E-state index contributed by atoms with van der Waals surface area (Å²) in [6, 6.07) is 11.0. The molecule has 1 aromatic heterocycles. The number of carboxylic acid groups (broad SMARTS) is 1. The number of aryl methyl sites for hydroxylation is 1. The average molecular weight is 411 g/mol. The highest BCUT2D eigenvalue weighted by Crippen LogP contribution is 2.24. The van der Waals surface area contributed by atoms with Crippen molar-refractivity contribution in [3.63, 3.8) is 0 Å². The molecule has 0 aliphatic carbocycles. The standard InChI is InChI=1S/C21H21N3O6/c1-12-14(22-17(25)11-29-2)8-9-16-18(12)19(26)24-21(30-16)23-15(20(27)28)10-13-6-4-3-5-7-13/h3-9,15H,10-11H2,1-2H3,(H,22,25)(H,27,28)(H,23,24,26)/t15-/m0/s1. The Morgan fingerprint density at radius 3 is 2.60 bits per heavy atom. The average Bonchev–Trinajstić information content (AvgIpc) is 2.70. The molecule has 3 N–H and O–H groups in total. The summed E-state index contributed by atoms with van der Waals surface area (Å²) in [6.45, 7) is 1.54. The summed E-state index contributed by atoms with van der Waals surface area (Å²) in [5.41, 5.74) is 1.37. The number of hydrogen-bond acceptors (Lipinski definition) is 7. The van der Waals surface area contributed by atoms with Crippen LogP contribution in [-0.2, 0) is 20.7 Å². The highest BCUT2D eigenvalue weighted by atomic mass is 16.5. The first-order valence-electron chi connectivity index (χ1n) is 9.15. The van der Waals surface area contributed by atoms with E-state index in [2.05, 4.69) is 15.6 Å². The van der Waals surface area contributed by atoms with Gasteiger partial charge < -0.3 is 24.9 Å². The van der Waals surface area contributed by atoms with E-state index in [0.717, 1.165) is 5.56 Å². The zero-order valence-electron chi connectivity index (χ0n) is 16.5. The molecule has 9 heteroatoms. The fourth-order valence-electron chi connectivity index (χ4n) is 3.03. The van der Waals surface area contributed by atoms with E-state index in [0.29, 0.717) is 11.3 Å². The van der Waals surface area contributed by atoms with Crippen LogP contribution in [0.5, 0.6) is 0 Å². The highest BCUT2D eigenvalue weighted by Gasteiger charge is 2.21. The molecule has 1 amide bonds. The van der Waals surface area contributed by atoms with Gasteiger partial charge in [0.1, 0.15) is 18.2 Å². The van der Waals surface area contributed by atoms with Crippen LogP contribution in [0.25, 0.3) is 11.0 Å². The van der Waals surface area contributed by atoms with E-state index in [1.807, 2.05) is 30.3 Å². The predicted octanol–water partition coefficient (Wildman–Crippen LogP) is 2.19. The maximum absolute atomic E-state index is 12.6. The number of hydrogen-bond donors (Lipinski definition) is 3. The van der Waals surface area contributed by atoms with Gasteiger partial charge in [-0.05, 0) is 30.2 Å². The maximum Gasteiger partial charge on any atom is 0.326 e. The van der Waals surface area contributed by atoms with E-state index in [1.165, 1.54) is 13.2 Å². The van der Waals surface area contributed by atoms with Gasteiger partial charge in [0.2, 0.25) is 5.91 Å². The number of methoxy groups -OCH3 is 1. The minimum Gasteiger partial charge on any atom is -0.480 e. The lowest BCUT2D eigenvalue weighted by molar-refractivity contribution is -0.138. The number of nitrogens with one attached hydrogen (secondary N) is 2. The number of rotatable bonds is 8. The predicted molar refractivity (Wildman–Crippen MR) is 111 cm³/mol. The fraction of sp³-hybridized carbons (Fsp3) is 0.238. The zero-order valence-corrected chi connectivity index (χ0v) is 16.5. The fourth-order valence-corrected chi connectivity index (χ4v) is 3.03. The van der Waals surface area contributed by atoms with Crippen molar-refractivity contribution >= 4 is 34.5 Å². The number of carbonyl (C=O) groups excluding carboxylic acids is 1. The van der Waals surface area contributed by atoms with E-state index in [4.69, 9.17) is 9.15 Å². The second kappa shape index (κ2) is 9.19. The molecule has 3 rings (SSSR count). The van der Waals surface area contributed by atoms with Gasteiger partial charge in [0.15, 0.2) is 0 Å². The van der Waals surface area contributed by atoms with E-state index in [9.17, 15) is 19.5 Å². The van der Waals surface area contributed by atoms with Crippen LogP contribution in [0.15, 0.2) is 51.7 Å². The Morgan fingerprint density at radius 1 is 1.20 bits per heavy atom. The summed E-state index contributed by atoms with van der Waals surface area (Å²) in [6.07, 6.45) is 0.184. The summed E-state index contributed by atoms with van der Waals surface area (Å²) in [5, 5.41) is 15.1. The third-order valence-corrected chi connectivity index (χ3v) is 4.48. The largest absolute Gasteiger partial charge is 0.480 e. The molecule has 0 fully saturated rings. The van der Waals surface area contributed by atoms with Crippen LogP contribution >= 0.6 is 0 Å². The first-order chi connectivity index (χ1) is 14.4. The Balaban J connectivity index is 1.89. The van der Waals surface area contributed by atoms with Gasteiger partial charge in [-0.25, -0.2) is 4.79 Å². The Morgan fingerprint density at radius 2 is 1.93 bits per heavy atom. The van der Waals surface area contributed by atoms with Crippen LogP contribution in [0.3, 0.4) is 0 Å². The smallest absolute Gasteiger partial charge is 0.326 e. The molecule has 0 bridgehead atoms. The second-order valence-electron chi connectivity index (χ2n) is 6.64. The van der Waals surface area contributed by atoms with Crippen LogP contribution in [-0.4, -0.2) is 41.7 Å². The first kappa shape index (κ1) is 21.0. The number of carbonyl (C=O) groups is 2. The lowest BCUT2D eigenvalue weighted by Crippen LogP contribution is -2.32. The molecule has 156 valence electrons. The van der Waals surface area contributed by atoms with Crippen molar-refractivity contribution in [2.45, 2.75) is 19.4 Å². The Hall–Kier alpha value is -3.72. The maximum atomic E-state index is 12.6. The van der Waals surface area contributed by atoms with Crippen molar-refractivity contribution in [2.75, 3.05) is 24.4 Å². The number of amides is 1. The number of anilines is 2. The van der Waals surface area contributed by atoms with Crippen LogP contribution in [0.2, 0.25) is 0 Å². The molecule has 0 unspecified atom stereocenters. The van der Waals surface area contributed by atoms with Gasteiger partial charge in [-0.15, -0.1) is 0 Å². The third-order valence-electron chi connectivity index (χ3n) is 4.48. The minimum absolute atomic E-state index is 0.120. The van der Waals surface area contributed by atoms with Gasteiger partial charge >= 0.3 is 5.97 Å². The molecule has 1 heterocycles. The van der Waals surface area contributed by atoms with E-state index >= 15 is 0 Å². The number of aliphatic carboxylic acids is 1. The van der Waals surface area contributed by atoms with Gasteiger partial charge in [0, 0.05) is 19.2 Å². The Labute approximate surface area is 171 Å². The summed E-state index contributed by atoms with van der Waals surface area (Å²) in [5.74, 6) is -1.46. The molecule has 0 saturated heterocycles. The SMILES string of the molecule is COCC(=O)Nc1ccc2oc(N[C@@H](Cc3ccccc3)C(=O)O)nc(=O)c2c1C. The van der Waals surface area contributed by atoms with Gasteiger partial charge in [0.05, 0.1) is 5.39 Å². The van der Waals surface area contributed by atoms with Crippen LogP contribution < -0.4 is 16.2 Å². The molecule has 0 spiro atoms. The van der Waals surface area contributed by atoms with Crippen molar-refractivity contribution in [3.8, 4) is 0 Å². The Kier molecular flexibility index (Phi) is 6.43. The molecule has 0 saturated carbocycles. The quantitative estimate of drug-likeness (QED) is 0.514. The van der Waals surface area contributed by atoms with Crippen molar-refractivity contribution < 1.29 is 23.8 Å². The summed E-state index contributed by atoms with van der Waals surface area (Å²) >= 11 is 0.